The molecule has 0 aliphatic carbocycles. The van der Waals surface area contributed by atoms with Crippen molar-refractivity contribution in [3.8, 4) is 6.07 Å². The van der Waals surface area contributed by atoms with E-state index in [9.17, 15) is 9.59 Å². The summed E-state index contributed by atoms with van der Waals surface area (Å²) in [6.45, 7) is 3.43. The molecule has 0 aliphatic heterocycles. The molecule has 25 heavy (non-hydrogen) atoms. The second kappa shape index (κ2) is 8.65. The second-order valence-corrected chi connectivity index (χ2v) is 7.38. The number of thiazole rings is 1. The van der Waals surface area contributed by atoms with E-state index in [-0.39, 0.29) is 16.8 Å². The monoisotopic (exact) mass is 375 g/mol. The quantitative estimate of drug-likeness (QED) is 0.771. The Labute approximate surface area is 153 Å². The van der Waals surface area contributed by atoms with E-state index in [1.54, 1.807) is 26.0 Å². The van der Waals surface area contributed by atoms with Crippen LogP contribution in [-0.4, -0.2) is 27.7 Å². The fraction of sp³-hybridized carbons (Fsp3) is 0.294. The summed E-state index contributed by atoms with van der Waals surface area (Å²) in [6, 6.07) is 8.98. The second-order valence-electron chi connectivity index (χ2n) is 5.36. The highest BCUT2D eigenvalue weighted by atomic mass is 32.2. The van der Waals surface area contributed by atoms with Crippen molar-refractivity contribution in [2.24, 2.45) is 0 Å². The van der Waals surface area contributed by atoms with Crippen LogP contribution in [0, 0.1) is 18.3 Å². The van der Waals surface area contributed by atoms with Crippen molar-refractivity contribution in [3.05, 3.63) is 51.0 Å². The Morgan fingerprint density at radius 3 is 2.64 bits per heavy atom. The average molecular weight is 375 g/mol. The molecule has 0 radical (unpaired) electrons. The topological polar surface area (TPSA) is 103 Å². The Hall–Kier alpha value is -2.37. The van der Waals surface area contributed by atoms with Gasteiger partial charge in [0.15, 0.2) is 0 Å². The molecule has 1 amide bonds. The molecule has 2 N–H and O–H groups in total. The lowest BCUT2D eigenvalue weighted by atomic mass is 10.2. The summed E-state index contributed by atoms with van der Waals surface area (Å²) in [7, 11) is 0. The number of aromatic nitrogens is 1. The third kappa shape index (κ3) is 5.31. The van der Waals surface area contributed by atoms with Gasteiger partial charge in [-0.2, -0.15) is 5.26 Å². The van der Waals surface area contributed by atoms with Crippen molar-refractivity contribution in [1.29, 1.82) is 5.26 Å². The Morgan fingerprint density at radius 1 is 1.40 bits per heavy atom. The summed E-state index contributed by atoms with van der Waals surface area (Å²) in [5.74, 6) is -0.165. The molecule has 0 aliphatic rings. The number of carboxylic acid groups (broad SMARTS) is 1. The van der Waals surface area contributed by atoms with Crippen molar-refractivity contribution < 1.29 is 14.7 Å². The standard InChI is InChI=1S/C17H17N3O3S2/c1-10-15(17(22)23)25-16(20-10)11(2)19-14(21)9-24-8-13-5-3-12(7-18)4-6-13/h3-6,11H,8-9H2,1-2H3,(H,19,21)(H,22,23). The van der Waals surface area contributed by atoms with Crippen LogP contribution in [-0.2, 0) is 10.5 Å². The van der Waals surface area contributed by atoms with Gasteiger partial charge in [-0.25, -0.2) is 9.78 Å². The highest BCUT2D eigenvalue weighted by Crippen LogP contribution is 2.23. The van der Waals surface area contributed by atoms with Gasteiger partial charge in [-0.1, -0.05) is 12.1 Å². The Bertz CT molecular complexity index is 810. The maximum absolute atomic E-state index is 12.0. The van der Waals surface area contributed by atoms with E-state index in [2.05, 4.69) is 16.4 Å². The van der Waals surface area contributed by atoms with Gasteiger partial charge in [-0.3, -0.25) is 4.79 Å². The fourth-order valence-corrected chi connectivity index (χ4v) is 3.79. The maximum Gasteiger partial charge on any atom is 0.347 e. The van der Waals surface area contributed by atoms with E-state index in [1.165, 1.54) is 11.8 Å². The van der Waals surface area contributed by atoms with Gasteiger partial charge in [-0.15, -0.1) is 23.1 Å². The third-order valence-corrected chi connectivity index (χ3v) is 5.67. The van der Waals surface area contributed by atoms with Crippen molar-refractivity contribution in [3.63, 3.8) is 0 Å². The van der Waals surface area contributed by atoms with Gasteiger partial charge in [0, 0.05) is 5.75 Å². The van der Waals surface area contributed by atoms with Crippen molar-refractivity contribution >= 4 is 35.0 Å². The fourth-order valence-electron chi connectivity index (χ4n) is 2.08. The van der Waals surface area contributed by atoms with Crippen LogP contribution in [0.5, 0.6) is 0 Å². The number of nitrogens with one attached hydrogen (secondary N) is 1. The van der Waals surface area contributed by atoms with E-state index in [1.807, 2.05) is 12.1 Å². The van der Waals surface area contributed by atoms with Crippen LogP contribution in [0.1, 0.15) is 44.5 Å². The number of amides is 1. The number of aryl methyl sites for hydroxylation is 1. The Kier molecular flexibility index (Phi) is 6.56. The maximum atomic E-state index is 12.0. The van der Waals surface area contributed by atoms with E-state index in [4.69, 9.17) is 10.4 Å². The average Bonchev–Trinajstić information content (AvgIpc) is 2.97. The molecular weight excluding hydrogens is 358 g/mol. The highest BCUT2D eigenvalue weighted by molar-refractivity contribution is 7.99. The lowest BCUT2D eigenvalue weighted by Gasteiger charge is -2.11. The number of carboxylic acids is 1. The molecule has 1 atom stereocenters. The van der Waals surface area contributed by atoms with E-state index >= 15 is 0 Å². The summed E-state index contributed by atoms with van der Waals surface area (Å²) < 4.78 is 0. The van der Waals surface area contributed by atoms with Crippen molar-refractivity contribution in [1.82, 2.24) is 10.3 Å². The van der Waals surface area contributed by atoms with Crippen LogP contribution in [0.15, 0.2) is 24.3 Å². The van der Waals surface area contributed by atoms with Crippen molar-refractivity contribution in [2.45, 2.75) is 25.6 Å². The highest BCUT2D eigenvalue weighted by Gasteiger charge is 2.19. The third-order valence-electron chi connectivity index (χ3n) is 3.34. The molecule has 0 bridgehead atoms. The van der Waals surface area contributed by atoms with Crippen molar-refractivity contribution in [2.75, 3.05) is 5.75 Å². The van der Waals surface area contributed by atoms with Gasteiger partial charge in [0.2, 0.25) is 5.91 Å². The van der Waals surface area contributed by atoms with Gasteiger partial charge < -0.3 is 10.4 Å². The molecule has 2 aromatic rings. The summed E-state index contributed by atoms with van der Waals surface area (Å²) in [4.78, 5) is 27.5. The minimum atomic E-state index is -1.00. The summed E-state index contributed by atoms with van der Waals surface area (Å²) in [5.41, 5.74) is 2.12. The number of carbonyl (C=O) groups excluding carboxylic acids is 1. The number of thioether (sulfide) groups is 1. The summed E-state index contributed by atoms with van der Waals surface area (Å²) in [6.07, 6.45) is 0. The van der Waals surface area contributed by atoms with Crippen LogP contribution < -0.4 is 5.32 Å². The van der Waals surface area contributed by atoms with Crippen LogP contribution in [0.25, 0.3) is 0 Å². The lowest BCUT2D eigenvalue weighted by Crippen LogP contribution is -2.28. The number of hydrogen-bond donors (Lipinski definition) is 2. The number of benzene rings is 1. The molecule has 1 heterocycles. The molecule has 2 rings (SSSR count). The van der Waals surface area contributed by atoms with Gasteiger partial charge in [0.25, 0.3) is 0 Å². The van der Waals surface area contributed by atoms with Gasteiger partial charge in [0.1, 0.15) is 9.88 Å². The molecule has 0 spiro atoms. The predicted octanol–water partition coefficient (Wildman–Crippen LogP) is 3.13. The molecule has 0 saturated heterocycles. The number of nitrogens with zero attached hydrogens (tertiary/aromatic N) is 2. The Morgan fingerprint density at radius 2 is 2.08 bits per heavy atom. The number of nitriles is 1. The van der Waals surface area contributed by atoms with Crippen LogP contribution >= 0.6 is 23.1 Å². The van der Waals surface area contributed by atoms with Crippen LogP contribution in [0.4, 0.5) is 0 Å². The molecule has 130 valence electrons. The molecular formula is C17H17N3O3S2. The zero-order valence-corrected chi connectivity index (χ0v) is 15.4. The first-order valence-corrected chi connectivity index (χ1v) is 9.44. The Balaban J connectivity index is 1.82. The molecule has 8 heteroatoms. The van der Waals surface area contributed by atoms with E-state index < -0.39 is 5.97 Å². The molecule has 1 unspecified atom stereocenters. The van der Waals surface area contributed by atoms with Gasteiger partial charge in [-0.05, 0) is 31.5 Å². The molecule has 1 aromatic carbocycles. The van der Waals surface area contributed by atoms with Crippen LogP contribution in [0.2, 0.25) is 0 Å². The zero-order valence-electron chi connectivity index (χ0n) is 13.8. The first-order chi connectivity index (χ1) is 11.9. The largest absolute Gasteiger partial charge is 0.477 e. The smallest absolute Gasteiger partial charge is 0.347 e. The summed E-state index contributed by atoms with van der Waals surface area (Å²) in [5, 5.41) is 21.2. The first kappa shape index (κ1) is 19.0. The van der Waals surface area contributed by atoms with Gasteiger partial charge in [0.05, 0.1) is 29.1 Å². The normalized spacial score (nSPS) is 11.6. The molecule has 0 saturated carbocycles. The van der Waals surface area contributed by atoms with Gasteiger partial charge >= 0.3 is 5.97 Å². The number of rotatable bonds is 7. The minimum Gasteiger partial charge on any atom is -0.477 e. The molecule has 1 aromatic heterocycles. The van der Waals surface area contributed by atoms with E-state index in [0.29, 0.717) is 27.8 Å². The van der Waals surface area contributed by atoms with Crippen LogP contribution in [0.3, 0.4) is 0 Å². The predicted molar refractivity (Wildman–Crippen MR) is 97.7 cm³/mol. The SMILES string of the molecule is Cc1nc(C(C)NC(=O)CSCc2ccc(C#N)cc2)sc1C(=O)O. The number of hydrogen-bond acceptors (Lipinski definition) is 6. The zero-order chi connectivity index (χ0) is 18.4. The first-order valence-electron chi connectivity index (χ1n) is 7.47. The summed E-state index contributed by atoms with van der Waals surface area (Å²) >= 11 is 2.56. The minimum absolute atomic E-state index is 0.129. The van der Waals surface area contributed by atoms with E-state index in [0.717, 1.165) is 16.9 Å². The molecule has 6 nitrogen and oxygen atoms in total. The number of carbonyl (C=O) groups is 2. The molecule has 0 fully saturated rings. The number of aromatic carboxylic acids is 1. The lowest BCUT2D eigenvalue weighted by molar-refractivity contribution is -0.119.